The topological polar surface area (TPSA) is 76.6 Å². The summed E-state index contributed by atoms with van der Waals surface area (Å²) in [7, 11) is 1.72. The molecule has 0 aliphatic carbocycles. The van der Waals surface area contributed by atoms with Gasteiger partial charge in [-0.1, -0.05) is 12.1 Å². The van der Waals surface area contributed by atoms with Gasteiger partial charge in [-0.05, 0) is 48.1 Å². The second-order valence-electron chi connectivity index (χ2n) is 6.74. The Labute approximate surface area is 171 Å². The zero-order valence-electron chi connectivity index (χ0n) is 15.8. The molecular weight excluding hydrogens is 390 g/mol. The van der Waals surface area contributed by atoms with Crippen LogP contribution < -0.4 is 15.0 Å². The van der Waals surface area contributed by atoms with Crippen LogP contribution in [0, 0.1) is 4.77 Å². The van der Waals surface area contributed by atoms with Gasteiger partial charge in [-0.15, -0.1) is 6.58 Å². The fraction of sp³-hybridized carbons (Fsp3) is 0.190. The van der Waals surface area contributed by atoms with Gasteiger partial charge in [-0.2, -0.15) is 0 Å². The zero-order chi connectivity index (χ0) is 20.5. The Balaban J connectivity index is 1.61. The van der Waals surface area contributed by atoms with Crippen molar-refractivity contribution in [3.8, 4) is 11.5 Å². The number of aromatic nitrogens is 2. The third-order valence-electron chi connectivity index (χ3n) is 4.74. The van der Waals surface area contributed by atoms with Crippen molar-refractivity contribution in [2.75, 3.05) is 13.8 Å². The van der Waals surface area contributed by atoms with Gasteiger partial charge in [-0.25, -0.2) is 0 Å². The summed E-state index contributed by atoms with van der Waals surface area (Å²) in [5, 5.41) is 0.468. The lowest BCUT2D eigenvalue weighted by atomic mass is 10.1. The molecule has 29 heavy (non-hydrogen) atoms. The van der Waals surface area contributed by atoms with Crippen LogP contribution in [-0.2, 0) is 13.1 Å². The Morgan fingerprint density at radius 1 is 1.28 bits per heavy atom. The van der Waals surface area contributed by atoms with Gasteiger partial charge in [0.2, 0.25) is 6.79 Å². The lowest BCUT2D eigenvalue weighted by molar-refractivity contribution is 0.0785. The first-order valence-corrected chi connectivity index (χ1v) is 9.40. The molecule has 1 aliphatic heterocycles. The maximum atomic E-state index is 12.9. The van der Waals surface area contributed by atoms with Gasteiger partial charge in [0.25, 0.3) is 11.5 Å². The SMILES string of the molecule is C=CCn1c(=S)[nH]c2cc(C(=O)N(C)Cc3ccc4c(c3)OCO4)ccc2c1=O. The summed E-state index contributed by atoms with van der Waals surface area (Å²) >= 11 is 5.26. The van der Waals surface area contributed by atoms with Gasteiger partial charge >= 0.3 is 0 Å². The second-order valence-corrected chi connectivity index (χ2v) is 7.13. The molecule has 0 radical (unpaired) electrons. The van der Waals surface area contributed by atoms with Crippen LogP contribution in [0.25, 0.3) is 10.9 Å². The molecule has 2 heterocycles. The molecule has 1 aliphatic rings. The number of carbonyl (C=O) groups is 1. The van der Waals surface area contributed by atoms with Crippen LogP contribution in [0.1, 0.15) is 15.9 Å². The fourth-order valence-corrected chi connectivity index (χ4v) is 3.56. The molecule has 0 fully saturated rings. The highest BCUT2D eigenvalue weighted by atomic mass is 32.1. The summed E-state index contributed by atoms with van der Waals surface area (Å²) < 4.78 is 12.4. The van der Waals surface area contributed by atoms with Crippen molar-refractivity contribution in [2.24, 2.45) is 0 Å². The third kappa shape index (κ3) is 3.54. The van der Waals surface area contributed by atoms with Crippen LogP contribution >= 0.6 is 12.2 Å². The number of aromatic amines is 1. The van der Waals surface area contributed by atoms with E-state index in [4.69, 9.17) is 21.7 Å². The minimum Gasteiger partial charge on any atom is -0.454 e. The monoisotopic (exact) mass is 409 g/mol. The molecule has 0 atom stereocenters. The van der Waals surface area contributed by atoms with E-state index in [9.17, 15) is 9.59 Å². The average Bonchev–Trinajstić information content (AvgIpc) is 3.18. The normalized spacial score (nSPS) is 12.2. The van der Waals surface area contributed by atoms with Gasteiger partial charge < -0.3 is 19.4 Å². The number of amides is 1. The Kier molecular flexibility index (Phi) is 4.94. The first kappa shape index (κ1) is 18.9. The molecule has 1 N–H and O–H groups in total. The highest BCUT2D eigenvalue weighted by molar-refractivity contribution is 7.71. The van der Waals surface area contributed by atoms with Crippen LogP contribution in [0.15, 0.2) is 53.8 Å². The van der Waals surface area contributed by atoms with Crippen molar-refractivity contribution < 1.29 is 14.3 Å². The largest absolute Gasteiger partial charge is 0.454 e. The molecular formula is C21H19N3O4S. The van der Waals surface area contributed by atoms with Gasteiger partial charge in [0, 0.05) is 25.7 Å². The summed E-state index contributed by atoms with van der Waals surface area (Å²) in [4.78, 5) is 30.1. The molecule has 148 valence electrons. The third-order valence-corrected chi connectivity index (χ3v) is 5.07. The first-order valence-electron chi connectivity index (χ1n) is 8.99. The number of hydrogen-bond acceptors (Lipinski definition) is 5. The van der Waals surface area contributed by atoms with Gasteiger partial charge in [-0.3, -0.25) is 14.2 Å². The molecule has 8 heteroatoms. The van der Waals surface area contributed by atoms with E-state index in [0.29, 0.717) is 45.8 Å². The van der Waals surface area contributed by atoms with E-state index in [1.807, 2.05) is 18.2 Å². The van der Waals surface area contributed by atoms with Crippen LogP contribution in [0.5, 0.6) is 11.5 Å². The summed E-state index contributed by atoms with van der Waals surface area (Å²) in [6, 6.07) is 10.5. The maximum absolute atomic E-state index is 12.9. The van der Waals surface area contributed by atoms with Crippen molar-refractivity contribution in [2.45, 2.75) is 13.1 Å². The van der Waals surface area contributed by atoms with Crippen molar-refractivity contribution >= 4 is 29.0 Å². The van der Waals surface area contributed by atoms with Crippen LogP contribution in [0.4, 0.5) is 0 Å². The number of H-pyrrole nitrogens is 1. The molecule has 1 amide bonds. The van der Waals surface area contributed by atoms with Gasteiger partial charge in [0.05, 0.1) is 10.9 Å². The number of nitrogens with one attached hydrogen (secondary N) is 1. The number of carbonyl (C=O) groups excluding carboxylic acids is 1. The molecule has 3 aromatic rings. The summed E-state index contributed by atoms with van der Waals surface area (Å²) in [5.74, 6) is 1.21. The Morgan fingerprint density at radius 3 is 2.86 bits per heavy atom. The van der Waals surface area contributed by atoms with E-state index in [2.05, 4.69) is 11.6 Å². The number of ether oxygens (including phenoxy) is 2. The highest BCUT2D eigenvalue weighted by Gasteiger charge is 2.17. The summed E-state index contributed by atoms with van der Waals surface area (Å²) in [6.07, 6.45) is 1.61. The van der Waals surface area contributed by atoms with E-state index >= 15 is 0 Å². The molecule has 1 aromatic heterocycles. The number of benzene rings is 2. The molecule has 0 spiro atoms. The van der Waals surface area contributed by atoms with Crippen LogP contribution in [0.2, 0.25) is 0 Å². The van der Waals surface area contributed by atoms with Crippen molar-refractivity contribution in [1.29, 1.82) is 0 Å². The Bertz CT molecular complexity index is 1240. The molecule has 0 unspecified atom stereocenters. The van der Waals surface area contributed by atoms with Gasteiger partial charge in [0.15, 0.2) is 16.3 Å². The highest BCUT2D eigenvalue weighted by Crippen LogP contribution is 2.32. The van der Waals surface area contributed by atoms with E-state index in [1.54, 1.807) is 36.2 Å². The molecule has 7 nitrogen and oxygen atoms in total. The summed E-state index contributed by atoms with van der Waals surface area (Å²) in [6.45, 7) is 4.58. The van der Waals surface area contributed by atoms with Crippen molar-refractivity contribution in [1.82, 2.24) is 14.5 Å². The van der Waals surface area contributed by atoms with E-state index in [-0.39, 0.29) is 18.3 Å². The zero-order valence-corrected chi connectivity index (χ0v) is 16.6. The number of hydrogen-bond donors (Lipinski definition) is 1. The number of rotatable bonds is 5. The van der Waals surface area contributed by atoms with E-state index < -0.39 is 0 Å². The Morgan fingerprint density at radius 2 is 2.07 bits per heavy atom. The first-order chi connectivity index (χ1) is 14.0. The predicted octanol–water partition coefficient (Wildman–Crippen LogP) is 3.25. The minimum atomic E-state index is -0.212. The smallest absolute Gasteiger partial charge is 0.262 e. The van der Waals surface area contributed by atoms with Gasteiger partial charge in [0.1, 0.15) is 0 Å². The number of nitrogens with zero attached hydrogens (tertiary/aromatic N) is 2. The average molecular weight is 409 g/mol. The lowest BCUT2D eigenvalue weighted by Gasteiger charge is -2.18. The number of allylic oxidation sites excluding steroid dienone is 1. The second kappa shape index (κ2) is 7.56. The molecule has 2 aromatic carbocycles. The minimum absolute atomic E-state index is 0.167. The lowest BCUT2D eigenvalue weighted by Crippen LogP contribution is -2.26. The van der Waals surface area contributed by atoms with E-state index in [1.165, 1.54) is 4.57 Å². The van der Waals surface area contributed by atoms with Crippen molar-refractivity contribution in [3.05, 3.63) is 75.3 Å². The standard InChI is InChI=1S/C21H19N3O4S/c1-3-8-24-20(26)15-6-5-14(10-16(15)22-21(24)29)19(25)23(2)11-13-4-7-17-18(9-13)28-12-27-17/h3-7,9-10H,1,8,11-12H2,2H3,(H,22,29). The molecule has 4 rings (SSSR count). The molecule has 0 saturated heterocycles. The van der Waals surface area contributed by atoms with E-state index in [0.717, 1.165) is 5.56 Å². The fourth-order valence-electron chi connectivity index (χ4n) is 3.29. The Hall–Kier alpha value is -3.39. The van der Waals surface area contributed by atoms with Crippen molar-refractivity contribution in [3.63, 3.8) is 0 Å². The predicted molar refractivity (Wildman–Crippen MR) is 112 cm³/mol. The van der Waals surface area contributed by atoms with Crippen LogP contribution in [-0.4, -0.2) is 34.2 Å². The summed E-state index contributed by atoms with van der Waals surface area (Å²) in [5.41, 5.74) is 1.71. The molecule has 0 bridgehead atoms. The maximum Gasteiger partial charge on any atom is 0.262 e. The van der Waals surface area contributed by atoms with Crippen LogP contribution in [0.3, 0.4) is 0 Å². The number of fused-ring (bicyclic) bond motifs is 2. The molecule has 0 saturated carbocycles. The quantitative estimate of drug-likeness (QED) is 0.517.